The number of aliphatic hydroxyl groups excluding tert-OH is 1. The summed E-state index contributed by atoms with van der Waals surface area (Å²) < 4.78 is 1.77. The summed E-state index contributed by atoms with van der Waals surface area (Å²) in [6.45, 7) is 3.69. The first-order valence-corrected chi connectivity index (χ1v) is 6.54. The maximum Gasteiger partial charge on any atom is 0.141 e. The maximum atomic E-state index is 9.98. The number of hydrogen-bond acceptors (Lipinski definition) is 6. The van der Waals surface area contributed by atoms with Gasteiger partial charge in [-0.3, -0.25) is 9.67 Å². The van der Waals surface area contributed by atoms with E-state index in [1.807, 2.05) is 6.20 Å². The van der Waals surface area contributed by atoms with Gasteiger partial charge in [0.25, 0.3) is 0 Å². The smallest absolute Gasteiger partial charge is 0.141 e. The van der Waals surface area contributed by atoms with Crippen LogP contribution in [0, 0.1) is 6.92 Å². The molecule has 0 aliphatic carbocycles. The van der Waals surface area contributed by atoms with Crippen molar-refractivity contribution < 1.29 is 10.2 Å². The van der Waals surface area contributed by atoms with Gasteiger partial charge in [0.2, 0.25) is 0 Å². The average molecular weight is 277 g/mol. The summed E-state index contributed by atoms with van der Waals surface area (Å²) in [7, 11) is 0. The Bertz CT molecular complexity index is 542. The molecule has 3 N–H and O–H groups in total. The molecule has 0 spiro atoms. The molecule has 0 saturated heterocycles. The van der Waals surface area contributed by atoms with Crippen molar-refractivity contribution in [2.45, 2.75) is 33.0 Å². The maximum absolute atomic E-state index is 9.98. The summed E-state index contributed by atoms with van der Waals surface area (Å²) in [5.74, 6) is 0.153. The average Bonchev–Trinajstić information content (AvgIpc) is 2.96. The second kappa shape index (κ2) is 6.97. The lowest BCUT2D eigenvalue weighted by Crippen LogP contribution is -2.18. The first-order valence-electron chi connectivity index (χ1n) is 6.54. The van der Waals surface area contributed by atoms with Crippen LogP contribution < -0.4 is 5.32 Å². The van der Waals surface area contributed by atoms with Gasteiger partial charge < -0.3 is 15.5 Å². The molecular formula is C13H19N5O2. The molecule has 0 bridgehead atoms. The topological polar surface area (TPSA) is 96.1 Å². The Morgan fingerprint density at radius 2 is 2.25 bits per heavy atom. The van der Waals surface area contributed by atoms with Crippen LogP contribution in [0.25, 0.3) is 0 Å². The van der Waals surface area contributed by atoms with E-state index in [2.05, 4.69) is 20.6 Å². The van der Waals surface area contributed by atoms with Crippen molar-refractivity contribution in [2.75, 3.05) is 6.54 Å². The molecule has 20 heavy (non-hydrogen) atoms. The Morgan fingerprint density at radius 3 is 2.95 bits per heavy atom. The Labute approximate surface area is 117 Å². The number of aliphatic hydroxyl groups is 1. The highest BCUT2D eigenvalue weighted by molar-refractivity contribution is 5.40. The third-order valence-electron chi connectivity index (χ3n) is 3.12. The normalized spacial score (nSPS) is 10.9. The fourth-order valence-corrected chi connectivity index (χ4v) is 1.95. The highest BCUT2D eigenvalue weighted by atomic mass is 16.3. The second-order valence-corrected chi connectivity index (χ2v) is 4.55. The van der Waals surface area contributed by atoms with Crippen LogP contribution in [0.2, 0.25) is 0 Å². The van der Waals surface area contributed by atoms with Gasteiger partial charge in [-0.05, 0) is 19.9 Å². The van der Waals surface area contributed by atoms with Crippen LogP contribution >= 0.6 is 0 Å². The summed E-state index contributed by atoms with van der Waals surface area (Å²) >= 11 is 0. The molecule has 0 aliphatic heterocycles. The zero-order valence-electron chi connectivity index (χ0n) is 11.5. The molecule has 0 fully saturated rings. The van der Waals surface area contributed by atoms with Gasteiger partial charge in [0.15, 0.2) is 0 Å². The molecule has 7 nitrogen and oxygen atoms in total. The van der Waals surface area contributed by atoms with E-state index >= 15 is 0 Å². The van der Waals surface area contributed by atoms with Crippen molar-refractivity contribution in [3.05, 3.63) is 35.4 Å². The highest BCUT2D eigenvalue weighted by Crippen LogP contribution is 2.23. The van der Waals surface area contributed by atoms with Gasteiger partial charge in [-0.1, -0.05) is 5.21 Å². The summed E-state index contributed by atoms with van der Waals surface area (Å²) in [5, 5.41) is 30.1. The third-order valence-corrected chi connectivity index (χ3v) is 3.12. The lowest BCUT2D eigenvalue weighted by molar-refractivity contribution is 0.278. The molecule has 7 heteroatoms. The zero-order chi connectivity index (χ0) is 14.4. The molecule has 0 atom stereocenters. The van der Waals surface area contributed by atoms with Crippen LogP contribution in [0.5, 0.6) is 5.75 Å². The monoisotopic (exact) mass is 277 g/mol. The van der Waals surface area contributed by atoms with Crippen molar-refractivity contribution in [1.82, 2.24) is 25.3 Å². The third kappa shape index (κ3) is 3.52. The zero-order valence-corrected chi connectivity index (χ0v) is 11.5. The largest absolute Gasteiger partial charge is 0.506 e. The van der Waals surface area contributed by atoms with Crippen LogP contribution in [0.4, 0.5) is 0 Å². The van der Waals surface area contributed by atoms with Gasteiger partial charge in [-0.15, -0.1) is 5.10 Å². The van der Waals surface area contributed by atoms with Crippen molar-refractivity contribution in [3.8, 4) is 5.75 Å². The molecule has 0 aromatic carbocycles. The first-order chi connectivity index (χ1) is 9.72. The minimum Gasteiger partial charge on any atom is -0.506 e. The molecule has 0 aliphatic rings. The van der Waals surface area contributed by atoms with Crippen molar-refractivity contribution in [3.63, 3.8) is 0 Å². The molecule has 0 amide bonds. The Kier molecular flexibility index (Phi) is 5.03. The van der Waals surface area contributed by atoms with Crippen LogP contribution in [0.1, 0.15) is 23.2 Å². The van der Waals surface area contributed by atoms with E-state index < -0.39 is 0 Å². The standard InChI is InChI=1S/C13H19N5O2/c1-10-13(20)12(11(9-19)7-15-10)8-14-3-2-5-18-6-4-16-17-18/h4,6-7,14,19-20H,2-3,5,8-9H2,1H3. The van der Waals surface area contributed by atoms with E-state index in [4.69, 9.17) is 0 Å². The molecule has 2 aromatic rings. The lowest BCUT2D eigenvalue weighted by Gasteiger charge is -2.12. The van der Waals surface area contributed by atoms with Gasteiger partial charge >= 0.3 is 0 Å². The van der Waals surface area contributed by atoms with Gasteiger partial charge in [0, 0.05) is 36.6 Å². The van der Waals surface area contributed by atoms with E-state index in [-0.39, 0.29) is 12.4 Å². The van der Waals surface area contributed by atoms with Crippen molar-refractivity contribution in [1.29, 1.82) is 0 Å². The van der Waals surface area contributed by atoms with Crippen LogP contribution in [-0.4, -0.2) is 36.7 Å². The van der Waals surface area contributed by atoms with Gasteiger partial charge in [-0.25, -0.2) is 0 Å². The fraction of sp³-hybridized carbons (Fsp3) is 0.462. The lowest BCUT2D eigenvalue weighted by atomic mass is 10.1. The van der Waals surface area contributed by atoms with E-state index in [9.17, 15) is 10.2 Å². The molecule has 0 radical (unpaired) electrons. The molecule has 2 rings (SSSR count). The number of aromatic hydroxyl groups is 1. The number of hydrogen-bond donors (Lipinski definition) is 3. The van der Waals surface area contributed by atoms with E-state index in [0.29, 0.717) is 23.4 Å². The summed E-state index contributed by atoms with van der Waals surface area (Å²) in [5.41, 5.74) is 1.93. The minimum atomic E-state index is -0.128. The quantitative estimate of drug-likeness (QED) is 0.632. The second-order valence-electron chi connectivity index (χ2n) is 4.55. The van der Waals surface area contributed by atoms with E-state index in [0.717, 1.165) is 19.5 Å². The minimum absolute atomic E-state index is 0.128. The van der Waals surface area contributed by atoms with E-state index in [1.165, 1.54) is 0 Å². The molecule has 2 aromatic heterocycles. The molecule has 2 heterocycles. The van der Waals surface area contributed by atoms with Gasteiger partial charge in [-0.2, -0.15) is 0 Å². The van der Waals surface area contributed by atoms with Gasteiger partial charge in [0.05, 0.1) is 18.5 Å². The first kappa shape index (κ1) is 14.4. The predicted molar refractivity (Wildman–Crippen MR) is 72.9 cm³/mol. The predicted octanol–water partition coefficient (Wildman–Crippen LogP) is 0.359. The van der Waals surface area contributed by atoms with Crippen LogP contribution in [-0.2, 0) is 19.7 Å². The highest BCUT2D eigenvalue weighted by Gasteiger charge is 2.10. The van der Waals surface area contributed by atoms with E-state index in [1.54, 1.807) is 24.0 Å². The van der Waals surface area contributed by atoms with Crippen molar-refractivity contribution in [2.24, 2.45) is 0 Å². The van der Waals surface area contributed by atoms with Gasteiger partial charge in [0.1, 0.15) is 5.75 Å². The fourth-order valence-electron chi connectivity index (χ4n) is 1.95. The number of aryl methyl sites for hydroxylation is 2. The summed E-state index contributed by atoms with van der Waals surface area (Å²) in [4.78, 5) is 4.03. The van der Waals surface area contributed by atoms with Crippen LogP contribution in [0.15, 0.2) is 18.6 Å². The molecule has 108 valence electrons. The number of rotatable bonds is 7. The molecular weight excluding hydrogens is 258 g/mol. The number of pyridine rings is 1. The summed E-state index contributed by atoms with van der Waals surface area (Å²) in [6, 6.07) is 0. The Balaban J connectivity index is 1.83. The summed E-state index contributed by atoms with van der Waals surface area (Å²) in [6.07, 6.45) is 5.98. The molecule has 0 unspecified atom stereocenters. The van der Waals surface area contributed by atoms with Crippen molar-refractivity contribution >= 4 is 0 Å². The molecule has 0 saturated carbocycles. The number of nitrogens with zero attached hydrogens (tertiary/aromatic N) is 4. The van der Waals surface area contributed by atoms with Crippen LogP contribution in [0.3, 0.4) is 0 Å². The SMILES string of the molecule is Cc1ncc(CO)c(CNCCCn2ccnn2)c1O. The Morgan fingerprint density at radius 1 is 1.40 bits per heavy atom. The number of nitrogens with one attached hydrogen (secondary N) is 1. The number of aromatic nitrogens is 4. The Hall–Kier alpha value is -1.99.